The number of imide groups is 1. The molecule has 3 amide bonds. The van der Waals surface area contributed by atoms with Gasteiger partial charge in [0.05, 0.1) is 0 Å². The number of nitrogens with zero attached hydrogens (tertiary/aromatic N) is 3. The third kappa shape index (κ3) is 7.67. The zero-order chi connectivity index (χ0) is 19.6. The van der Waals surface area contributed by atoms with Crippen LogP contribution in [0.3, 0.4) is 0 Å². The molecule has 0 saturated carbocycles. The Hall–Kier alpha value is -1.32. The van der Waals surface area contributed by atoms with Gasteiger partial charge in [0.15, 0.2) is 5.96 Å². The second kappa shape index (κ2) is 13.0. The molecular formula is C19H36IN5O2. The molecule has 1 atom stereocenters. The van der Waals surface area contributed by atoms with E-state index in [1.807, 2.05) is 20.0 Å². The van der Waals surface area contributed by atoms with E-state index in [0.717, 1.165) is 25.3 Å². The fourth-order valence-corrected chi connectivity index (χ4v) is 2.93. The highest BCUT2D eigenvalue weighted by molar-refractivity contribution is 14.0. The molecule has 0 aromatic carbocycles. The summed E-state index contributed by atoms with van der Waals surface area (Å²) in [6, 6.07) is -0.291. The number of hydrogen-bond donors (Lipinski definition) is 2. The highest BCUT2D eigenvalue weighted by Crippen LogP contribution is 2.20. The number of halogens is 1. The van der Waals surface area contributed by atoms with Crippen molar-refractivity contribution < 1.29 is 9.59 Å². The number of amides is 3. The van der Waals surface area contributed by atoms with Gasteiger partial charge in [-0.2, -0.15) is 0 Å². The third-order valence-electron chi connectivity index (χ3n) is 4.87. The first-order valence-electron chi connectivity index (χ1n) is 9.56. The monoisotopic (exact) mass is 493 g/mol. The van der Waals surface area contributed by atoms with Crippen LogP contribution in [0.4, 0.5) is 4.79 Å². The summed E-state index contributed by atoms with van der Waals surface area (Å²) in [7, 11) is 3.79. The molecule has 1 rings (SSSR count). The summed E-state index contributed by atoms with van der Waals surface area (Å²) >= 11 is 0. The second-order valence-corrected chi connectivity index (χ2v) is 6.96. The van der Waals surface area contributed by atoms with Crippen molar-refractivity contribution in [3.63, 3.8) is 0 Å². The van der Waals surface area contributed by atoms with Gasteiger partial charge in [-0.3, -0.25) is 14.7 Å². The number of rotatable bonds is 11. The van der Waals surface area contributed by atoms with Crippen LogP contribution in [0.1, 0.15) is 52.4 Å². The van der Waals surface area contributed by atoms with Crippen molar-refractivity contribution in [3.05, 3.63) is 12.7 Å². The zero-order valence-electron chi connectivity index (χ0n) is 17.2. The third-order valence-corrected chi connectivity index (χ3v) is 4.87. The van der Waals surface area contributed by atoms with Gasteiger partial charge in [-0.25, -0.2) is 4.79 Å². The van der Waals surface area contributed by atoms with Gasteiger partial charge < -0.3 is 15.5 Å². The molecule has 0 spiro atoms. The van der Waals surface area contributed by atoms with Crippen LogP contribution in [-0.2, 0) is 4.79 Å². The Morgan fingerprint density at radius 2 is 2.04 bits per heavy atom. The number of unbranched alkanes of at least 4 members (excludes halogenated alkanes) is 3. The van der Waals surface area contributed by atoms with Crippen LogP contribution in [0.5, 0.6) is 0 Å². The number of guanidine groups is 1. The Morgan fingerprint density at radius 3 is 2.59 bits per heavy atom. The maximum absolute atomic E-state index is 12.3. The molecule has 156 valence electrons. The molecule has 1 aliphatic rings. The number of carbonyl (C=O) groups is 2. The average molecular weight is 493 g/mol. The molecule has 0 radical (unpaired) electrons. The van der Waals surface area contributed by atoms with Crippen LogP contribution in [-0.4, -0.2) is 67.0 Å². The van der Waals surface area contributed by atoms with E-state index >= 15 is 0 Å². The van der Waals surface area contributed by atoms with Crippen molar-refractivity contribution in [1.82, 2.24) is 20.4 Å². The molecule has 2 N–H and O–H groups in total. The smallest absolute Gasteiger partial charge is 0.325 e. The van der Waals surface area contributed by atoms with E-state index in [4.69, 9.17) is 0 Å². The van der Waals surface area contributed by atoms with Crippen molar-refractivity contribution in [3.8, 4) is 0 Å². The molecule has 27 heavy (non-hydrogen) atoms. The van der Waals surface area contributed by atoms with Gasteiger partial charge in [-0.1, -0.05) is 19.4 Å². The van der Waals surface area contributed by atoms with Crippen LogP contribution >= 0.6 is 24.0 Å². The first-order valence-corrected chi connectivity index (χ1v) is 9.56. The summed E-state index contributed by atoms with van der Waals surface area (Å²) < 4.78 is 0. The second-order valence-electron chi connectivity index (χ2n) is 6.96. The number of aliphatic imine (C=N–C) groups is 1. The number of urea groups is 1. The minimum atomic E-state index is -0.758. The first-order chi connectivity index (χ1) is 12.4. The predicted molar refractivity (Wildman–Crippen MR) is 122 cm³/mol. The van der Waals surface area contributed by atoms with E-state index in [0.29, 0.717) is 25.9 Å². The van der Waals surface area contributed by atoms with Gasteiger partial charge in [-0.15, -0.1) is 30.6 Å². The quantitative estimate of drug-likeness (QED) is 0.116. The van der Waals surface area contributed by atoms with Gasteiger partial charge in [0.2, 0.25) is 0 Å². The van der Waals surface area contributed by atoms with Crippen LogP contribution in [0.25, 0.3) is 0 Å². The SMILES string of the molecule is C=CCCCCCN(C)C(=NC)NCCCN1C(=O)NC(C)(CC)C1=O.I. The van der Waals surface area contributed by atoms with E-state index in [1.54, 1.807) is 14.0 Å². The number of hydrogen-bond acceptors (Lipinski definition) is 3. The van der Waals surface area contributed by atoms with E-state index in [9.17, 15) is 9.59 Å². The molecule has 7 nitrogen and oxygen atoms in total. The van der Waals surface area contributed by atoms with Gasteiger partial charge in [-0.05, 0) is 39.0 Å². The summed E-state index contributed by atoms with van der Waals surface area (Å²) in [5.74, 6) is 0.704. The van der Waals surface area contributed by atoms with Gasteiger partial charge in [0.1, 0.15) is 5.54 Å². The van der Waals surface area contributed by atoms with Crippen molar-refractivity contribution >= 4 is 41.9 Å². The van der Waals surface area contributed by atoms with Crippen molar-refractivity contribution in [1.29, 1.82) is 0 Å². The molecule has 1 unspecified atom stereocenters. The van der Waals surface area contributed by atoms with E-state index < -0.39 is 5.54 Å². The van der Waals surface area contributed by atoms with Gasteiger partial charge in [0, 0.05) is 33.7 Å². The largest absolute Gasteiger partial charge is 0.356 e. The Bertz CT molecular complexity index is 526. The normalized spacial score (nSPS) is 19.6. The summed E-state index contributed by atoms with van der Waals surface area (Å²) in [5.41, 5.74) is -0.758. The molecule has 1 heterocycles. The lowest BCUT2D eigenvalue weighted by molar-refractivity contribution is -0.130. The minimum absolute atomic E-state index is 0. The first kappa shape index (κ1) is 25.7. The highest BCUT2D eigenvalue weighted by atomic mass is 127. The predicted octanol–water partition coefficient (Wildman–Crippen LogP) is 2.97. The molecular weight excluding hydrogens is 457 g/mol. The fourth-order valence-electron chi connectivity index (χ4n) is 2.93. The van der Waals surface area contributed by atoms with Gasteiger partial charge in [0.25, 0.3) is 5.91 Å². The van der Waals surface area contributed by atoms with Crippen LogP contribution in [0.2, 0.25) is 0 Å². The Labute approximate surface area is 181 Å². The van der Waals surface area contributed by atoms with E-state index in [-0.39, 0.29) is 35.9 Å². The Morgan fingerprint density at radius 1 is 1.33 bits per heavy atom. The van der Waals surface area contributed by atoms with Crippen LogP contribution < -0.4 is 10.6 Å². The Balaban J connectivity index is 0.00000676. The number of nitrogens with one attached hydrogen (secondary N) is 2. The molecule has 0 bridgehead atoms. The standard InChI is InChI=1S/C19H35N5O2.HI/c1-6-8-9-10-11-14-23(5)17(20-4)21-13-12-15-24-16(25)19(3,7-2)22-18(24)26;/h6H,1,7-15H2,2-5H3,(H,20,21)(H,22,26);1H. The summed E-state index contributed by atoms with van der Waals surface area (Å²) in [6.45, 7) is 9.43. The lowest BCUT2D eigenvalue weighted by Gasteiger charge is -2.22. The summed E-state index contributed by atoms with van der Waals surface area (Å²) in [6.07, 6.45) is 7.77. The van der Waals surface area contributed by atoms with Crippen molar-refractivity contribution in [2.45, 2.75) is 57.9 Å². The maximum atomic E-state index is 12.3. The minimum Gasteiger partial charge on any atom is -0.356 e. The molecule has 1 aliphatic heterocycles. The van der Waals surface area contributed by atoms with Gasteiger partial charge >= 0.3 is 6.03 Å². The zero-order valence-corrected chi connectivity index (χ0v) is 19.5. The number of allylic oxidation sites excluding steroid dienone is 1. The molecule has 1 fully saturated rings. The number of carbonyl (C=O) groups excluding carboxylic acids is 2. The highest BCUT2D eigenvalue weighted by Gasteiger charge is 2.45. The Kier molecular flexibility index (Phi) is 12.3. The van der Waals surface area contributed by atoms with Crippen LogP contribution in [0.15, 0.2) is 17.6 Å². The lowest BCUT2D eigenvalue weighted by Crippen LogP contribution is -2.43. The topological polar surface area (TPSA) is 77.0 Å². The van der Waals surface area contributed by atoms with E-state index in [2.05, 4.69) is 27.1 Å². The molecule has 8 heteroatoms. The van der Waals surface area contributed by atoms with Crippen LogP contribution in [0, 0.1) is 0 Å². The summed E-state index contributed by atoms with van der Waals surface area (Å²) in [4.78, 5) is 32.0. The maximum Gasteiger partial charge on any atom is 0.325 e. The molecule has 0 aromatic heterocycles. The van der Waals surface area contributed by atoms with Crippen molar-refractivity contribution in [2.24, 2.45) is 4.99 Å². The lowest BCUT2D eigenvalue weighted by atomic mass is 9.99. The molecule has 1 saturated heterocycles. The average Bonchev–Trinajstić information content (AvgIpc) is 2.84. The summed E-state index contributed by atoms with van der Waals surface area (Å²) in [5, 5.41) is 6.08. The van der Waals surface area contributed by atoms with Crippen molar-refractivity contribution in [2.75, 3.05) is 33.7 Å². The van der Waals surface area contributed by atoms with E-state index in [1.165, 1.54) is 17.7 Å². The molecule has 0 aromatic rings. The molecule has 0 aliphatic carbocycles. The fraction of sp³-hybridized carbons (Fsp3) is 0.737.